The number of nitrogens with zero attached hydrogens (tertiary/aromatic N) is 1. The van der Waals surface area contributed by atoms with Gasteiger partial charge < -0.3 is 5.73 Å². The number of urea groups is 1. The van der Waals surface area contributed by atoms with E-state index in [1.165, 1.54) is 5.57 Å². The molecule has 5 nitrogen and oxygen atoms in total. The molecular weight excluding hydrogens is 268 g/mol. The predicted octanol–water partition coefficient (Wildman–Crippen LogP) is 2.33. The average molecular weight is 288 g/mol. The predicted molar refractivity (Wildman–Crippen MR) is 77.4 cm³/mol. The van der Waals surface area contributed by atoms with Crippen LogP contribution in [0.25, 0.3) is 0 Å². The number of primary amides is 1. The van der Waals surface area contributed by atoms with Gasteiger partial charge in [-0.2, -0.15) is 0 Å². The molecule has 0 aromatic carbocycles. The molecule has 3 aliphatic carbocycles. The first-order valence-corrected chi connectivity index (χ1v) is 7.23. The SMILES string of the molecule is CC1=C(CN(O)C(N)=O)C2=C(C)C3(CC3)C(C)C(=O)C2=C1. The summed E-state index contributed by atoms with van der Waals surface area (Å²) in [5, 5.41) is 10.1. The van der Waals surface area contributed by atoms with E-state index in [-0.39, 0.29) is 23.7 Å². The highest BCUT2D eigenvalue weighted by atomic mass is 16.5. The zero-order valence-electron chi connectivity index (χ0n) is 12.6. The van der Waals surface area contributed by atoms with E-state index in [0.717, 1.165) is 35.1 Å². The molecule has 2 amide bonds. The molecule has 0 saturated heterocycles. The molecule has 0 radical (unpaired) electrons. The van der Waals surface area contributed by atoms with E-state index in [1.54, 1.807) is 0 Å². The van der Waals surface area contributed by atoms with Crippen LogP contribution < -0.4 is 5.73 Å². The molecule has 1 spiro atoms. The quantitative estimate of drug-likeness (QED) is 0.604. The Balaban J connectivity index is 2.06. The number of fused-ring (bicyclic) bond motifs is 1. The van der Waals surface area contributed by atoms with Crippen LogP contribution >= 0.6 is 0 Å². The van der Waals surface area contributed by atoms with Gasteiger partial charge in [0.15, 0.2) is 5.78 Å². The van der Waals surface area contributed by atoms with Crippen molar-refractivity contribution in [3.8, 4) is 0 Å². The van der Waals surface area contributed by atoms with Gasteiger partial charge in [0.05, 0.1) is 6.54 Å². The molecule has 0 aromatic rings. The monoisotopic (exact) mass is 288 g/mol. The number of nitrogens with two attached hydrogens (primary N) is 1. The maximum absolute atomic E-state index is 12.6. The van der Waals surface area contributed by atoms with Crippen LogP contribution in [0.2, 0.25) is 0 Å². The number of hydrogen-bond donors (Lipinski definition) is 2. The maximum atomic E-state index is 12.6. The van der Waals surface area contributed by atoms with Gasteiger partial charge in [0, 0.05) is 16.9 Å². The van der Waals surface area contributed by atoms with Crippen molar-refractivity contribution in [2.75, 3.05) is 6.54 Å². The van der Waals surface area contributed by atoms with Gasteiger partial charge in [-0.25, -0.2) is 9.86 Å². The summed E-state index contributed by atoms with van der Waals surface area (Å²) >= 11 is 0. The number of hydrogen-bond acceptors (Lipinski definition) is 3. The first-order chi connectivity index (χ1) is 9.79. The van der Waals surface area contributed by atoms with Crippen molar-refractivity contribution in [1.82, 2.24) is 5.06 Å². The van der Waals surface area contributed by atoms with E-state index in [1.807, 2.05) is 19.9 Å². The minimum absolute atomic E-state index is 0.00731. The third-order valence-electron chi connectivity index (χ3n) is 5.37. The third-order valence-corrected chi connectivity index (χ3v) is 5.37. The lowest BCUT2D eigenvalue weighted by atomic mass is 9.70. The number of carbonyl (C=O) groups excluding carboxylic acids is 2. The van der Waals surface area contributed by atoms with Crippen LogP contribution in [0, 0.1) is 11.3 Å². The number of hydroxylamine groups is 2. The third kappa shape index (κ3) is 1.80. The van der Waals surface area contributed by atoms with E-state index in [0.29, 0.717) is 5.06 Å². The molecule has 0 aliphatic heterocycles. The van der Waals surface area contributed by atoms with Crippen LogP contribution in [0.5, 0.6) is 0 Å². The zero-order chi connectivity index (χ0) is 15.5. The van der Waals surface area contributed by atoms with E-state index in [2.05, 4.69) is 6.92 Å². The van der Waals surface area contributed by atoms with E-state index in [9.17, 15) is 14.8 Å². The van der Waals surface area contributed by atoms with Crippen molar-refractivity contribution in [3.63, 3.8) is 0 Å². The molecule has 112 valence electrons. The van der Waals surface area contributed by atoms with Crippen LogP contribution in [0.4, 0.5) is 4.79 Å². The highest BCUT2D eigenvalue weighted by Gasteiger charge is 2.56. The van der Waals surface area contributed by atoms with Crippen molar-refractivity contribution in [3.05, 3.63) is 33.9 Å². The molecule has 0 heterocycles. The van der Waals surface area contributed by atoms with Crippen molar-refractivity contribution >= 4 is 11.8 Å². The molecule has 21 heavy (non-hydrogen) atoms. The van der Waals surface area contributed by atoms with Gasteiger partial charge in [0.1, 0.15) is 0 Å². The van der Waals surface area contributed by atoms with Crippen LogP contribution in [0.15, 0.2) is 33.9 Å². The molecular formula is C16H20N2O3. The molecule has 3 N–H and O–H groups in total. The molecule has 0 bridgehead atoms. The van der Waals surface area contributed by atoms with E-state index >= 15 is 0 Å². The number of carbonyl (C=O) groups is 2. The fourth-order valence-corrected chi connectivity index (χ4v) is 3.79. The lowest BCUT2D eigenvalue weighted by Crippen LogP contribution is -2.36. The van der Waals surface area contributed by atoms with Gasteiger partial charge in [0.25, 0.3) is 0 Å². The second-order valence-corrected chi connectivity index (χ2v) is 6.36. The summed E-state index contributed by atoms with van der Waals surface area (Å²) in [6.07, 6.45) is 3.94. The van der Waals surface area contributed by atoms with Gasteiger partial charge in [-0.05, 0) is 49.5 Å². The minimum Gasteiger partial charge on any atom is -0.350 e. The van der Waals surface area contributed by atoms with E-state index in [4.69, 9.17) is 5.73 Å². The van der Waals surface area contributed by atoms with Crippen molar-refractivity contribution in [2.45, 2.75) is 33.6 Å². The fourth-order valence-electron chi connectivity index (χ4n) is 3.79. The Morgan fingerprint density at radius 2 is 2.10 bits per heavy atom. The van der Waals surface area contributed by atoms with Crippen LogP contribution in [-0.4, -0.2) is 28.6 Å². The number of ketones is 1. The van der Waals surface area contributed by atoms with Gasteiger partial charge in [-0.1, -0.05) is 12.5 Å². The molecule has 1 saturated carbocycles. The molecule has 0 aromatic heterocycles. The fraction of sp³-hybridized carbons (Fsp3) is 0.500. The highest BCUT2D eigenvalue weighted by molar-refractivity contribution is 6.07. The van der Waals surface area contributed by atoms with Crippen molar-refractivity contribution in [1.29, 1.82) is 0 Å². The smallest absolute Gasteiger partial charge is 0.338 e. The Morgan fingerprint density at radius 3 is 2.62 bits per heavy atom. The highest BCUT2D eigenvalue weighted by Crippen LogP contribution is 2.63. The Kier molecular flexibility index (Phi) is 2.89. The summed E-state index contributed by atoms with van der Waals surface area (Å²) in [5.74, 6) is 0.187. The van der Waals surface area contributed by atoms with E-state index < -0.39 is 6.03 Å². The number of Topliss-reactive ketones (excluding diaryl/α,β-unsaturated/α-hetero) is 1. The lowest BCUT2D eigenvalue weighted by molar-refractivity contribution is -0.120. The summed E-state index contributed by atoms with van der Waals surface area (Å²) in [4.78, 5) is 23.7. The second-order valence-electron chi connectivity index (χ2n) is 6.36. The summed E-state index contributed by atoms with van der Waals surface area (Å²) in [6, 6.07) is -0.890. The van der Waals surface area contributed by atoms with Gasteiger partial charge in [-0.3, -0.25) is 10.0 Å². The first-order valence-electron chi connectivity index (χ1n) is 7.23. The Bertz CT molecular complexity index is 650. The standard InChI is InChI=1S/C16H20N2O3/c1-8-6-11-13(12(8)7-18(21)15(17)20)9(2)16(4-5-16)10(3)14(11)19/h6,10,21H,4-5,7H2,1-3H3,(H2,17,20). The normalized spacial score (nSPS) is 26.2. The molecule has 3 rings (SSSR count). The molecule has 3 aliphatic rings. The number of allylic oxidation sites excluding steroid dienone is 4. The summed E-state index contributed by atoms with van der Waals surface area (Å²) in [7, 11) is 0. The maximum Gasteiger partial charge on any atom is 0.338 e. The van der Waals surface area contributed by atoms with Crippen LogP contribution in [-0.2, 0) is 4.79 Å². The Hall–Kier alpha value is -1.88. The molecule has 1 fully saturated rings. The van der Waals surface area contributed by atoms with Crippen LogP contribution in [0.3, 0.4) is 0 Å². The van der Waals surface area contributed by atoms with Crippen molar-refractivity contribution < 1.29 is 14.8 Å². The van der Waals surface area contributed by atoms with Gasteiger partial charge in [0.2, 0.25) is 0 Å². The second kappa shape index (κ2) is 4.31. The summed E-state index contributed by atoms with van der Waals surface area (Å²) in [6.45, 7) is 5.99. The Morgan fingerprint density at radius 1 is 1.48 bits per heavy atom. The largest absolute Gasteiger partial charge is 0.350 e. The topological polar surface area (TPSA) is 83.6 Å². The zero-order valence-corrected chi connectivity index (χ0v) is 12.6. The van der Waals surface area contributed by atoms with Crippen LogP contribution in [0.1, 0.15) is 33.6 Å². The lowest BCUT2D eigenvalue weighted by Gasteiger charge is -2.33. The molecule has 5 heteroatoms. The average Bonchev–Trinajstić information content (AvgIpc) is 3.17. The molecule has 1 unspecified atom stereocenters. The van der Waals surface area contributed by atoms with Gasteiger partial charge >= 0.3 is 6.03 Å². The summed E-state index contributed by atoms with van der Waals surface area (Å²) in [5.41, 5.74) is 9.69. The number of rotatable bonds is 2. The summed E-state index contributed by atoms with van der Waals surface area (Å²) < 4.78 is 0. The Labute approximate surface area is 123 Å². The van der Waals surface area contributed by atoms with Crippen molar-refractivity contribution in [2.24, 2.45) is 17.1 Å². The minimum atomic E-state index is -0.890. The first kappa shape index (κ1) is 14.1. The number of amides is 2. The molecule has 1 atom stereocenters. The van der Waals surface area contributed by atoms with Gasteiger partial charge in [-0.15, -0.1) is 0 Å².